The van der Waals surface area contributed by atoms with Crippen LogP contribution in [-0.2, 0) is 9.53 Å². The topological polar surface area (TPSA) is 68.7 Å². The number of carboxylic acids is 1. The highest BCUT2D eigenvalue weighted by Crippen LogP contribution is 2.18. The van der Waals surface area contributed by atoms with Gasteiger partial charge in [0.25, 0.3) is 0 Å². The summed E-state index contributed by atoms with van der Waals surface area (Å²) in [6, 6.07) is 3.61. The van der Waals surface area contributed by atoms with E-state index in [1.54, 1.807) is 6.07 Å². The average Bonchev–Trinajstić information content (AvgIpc) is 2.42. The van der Waals surface area contributed by atoms with Crippen LogP contribution in [0, 0.1) is 6.92 Å². The number of aryl methyl sites for hydroxylation is 1. The molecule has 0 fully saturated rings. The van der Waals surface area contributed by atoms with Crippen LogP contribution < -0.4 is 4.74 Å². The van der Waals surface area contributed by atoms with E-state index in [0.717, 1.165) is 31.2 Å². The molecule has 0 bridgehead atoms. The van der Waals surface area contributed by atoms with Gasteiger partial charge in [-0.1, -0.05) is 13.3 Å². The van der Waals surface area contributed by atoms with E-state index in [4.69, 9.17) is 14.6 Å². The first-order valence-corrected chi connectivity index (χ1v) is 6.72. The van der Waals surface area contributed by atoms with Gasteiger partial charge in [-0.3, -0.25) is 0 Å². The third-order valence-electron chi connectivity index (χ3n) is 2.54. The van der Waals surface area contributed by atoms with E-state index in [2.05, 4.69) is 11.9 Å². The van der Waals surface area contributed by atoms with E-state index < -0.39 is 5.97 Å². The fourth-order valence-corrected chi connectivity index (χ4v) is 1.51. The van der Waals surface area contributed by atoms with Crippen LogP contribution in [0.15, 0.2) is 18.2 Å². The van der Waals surface area contributed by atoms with E-state index in [9.17, 15) is 4.79 Å². The largest absolute Gasteiger partial charge is 0.489 e. The van der Waals surface area contributed by atoms with Crippen molar-refractivity contribution in [1.82, 2.24) is 4.98 Å². The minimum absolute atomic E-state index is 0.419. The predicted octanol–water partition coefficient (Wildman–Crippen LogP) is 2.68. The Labute approximate surface area is 119 Å². The highest BCUT2D eigenvalue weighted by atomic mass is 16.5. The number of pyridine rings is 1. The number of unbranched alkanes of at least 4 members (excludes halogenated alkanes) is 1. The van der Waals surface area contributed by atoms with Crippen LogP contribution in [0.2, 0.25) is 0 Å². The summed E-state index contributed by atoms with van der Waals surface area (Å²) in [5.74, 6) is -0.450. The first-order chi connectivity index (χ1) is 9.63. The van der Waals surface area contributed by atoms with Crippen LogP contribution in [0.5, 0.6) is 5.75 Å². The lowest BCUT2D eigenvalue weighted by molar-refractivity contribution is -0.131. The highest BCUT2D eigenvalue weighted by molar-refractivity contribution is 5.85. The van der Waals surface area contributed by atoms with Crippen molar-refractivity contribution in [3.8, 4) is 5.75 Å². The van der Waals surface area contributed by atoms with Gasteiger partial charge in [0.2, 0.25) is 0 Å². The summed E-state index contributed by atoms with van der Waals surface area (Å²) in [4.78, 5) is 14.8. The maximum atomic E-state index is 10.6. The monoisotopic (exact) mass is 279 g/mol. The molecule has 0 saturated carbocycles. The smallest absolute Gasteiger partial charge is 0.328 e. The summed E-state index contributed by atoms with van der Waals surface area (Å²) in [5, 5.41) is 8.66. The van der Waals surface area contributed by atoms with Gasteiger partial charge in [-0.2, -0.15) is 0 Å². The molecular weight excluding hydrogens is 258 g/mol. The predicted molar refractivity (Wildman–Crippen MR) is 76.9 cm³/mol. The zero-order chi connectivity index (χ0) is 14.8. The molecule has 0 atom stereocenters. The van der Waals surface area contributed by atoms with E-state index in [1.807, 2.05) is 13.0 Å². The molecule has 1 aromatic heterocycles. The Morgan fingerprint density at radius 2 is 2.15 bits per heavy atom. The fourth-order valence-electron chi connectivity index (χ4n) is 1.51. The van der Waals surface area contributed by atoms with Crippen LogP contribution in [0.3, 0.4) is 0 Å². The molecule has 1 N–H and O–H groups in total. The Hall–Kier alpha value is -1.88. The van der Waals surface area contributed by atoms with Crippen molar-refractivity contribution >= 4 is 12.0 Å². The summed E-state index contributed by atoms with van der Waals surface area (Å²) in [6.07, 6.45) is 4.63. The number of carbonyl (C=O) groups is 1. The fraction of sp³-hybridized carbons (Fsp3) is 0.467. The Bertz CT molecular complexity index is 457. The quantitative estimate of drug-likeness (QED) is 0.556. The highest BCUT2D eigenvalue weighted by Gasteiger charge is 2.03. The molecule has 1 aromatic rings. The molecule has 0 aromatic carbocycles. The first kappa shape index (κ1) is 16.2. The van der Waals surface area contributed by atoms with Crippen LogP contribution in [0.1, 0.15) is 31.2 Å². The normalized spacial score (nSPS) is 10.9. The lowest BCUT2D eigenvalue weighted by Gasteiger charge is -2.09. The lowest BCUT2D eigenvalue weighted by Crippen LogP contribution is -2.08. The minimum atomic E-state index is -1.01. The van der Waals surface area contributed by atoms with Crippen LogP contribution in [0.4, 0.5) is 0 Å². The summed E-state index contributed by atoms with van der Waals surface area (Å²) in [7, 11) is 0. The van der Waals surface area contributed by atoms with Crippen LogP contribution >= 0.6 is 0 Å². The number of aromatic nitrogens is 1. The molecule has 0 aliphatic heterocycles. The van der Waals surface area contributed by atoms with Crippen molar-refractivity contribution < 1.29 is 19.4 Å². The molecule has 0 radical (unpaired) electrons. The van der Waals surface area contributed by atoms with Crippen molar-refractivity contribution in [3.05, 3.63) is 29.6 Å². The number of carboxylic acid groups (broad SMARTS) is 1. The van der Waals surface area contributed by atoms with Crippen LogP contribution in [-0.4, -0.2) is 35.9 Å². The summed E-state index contributed by atoms with van der Waals surface area (Å²) < 4.78 is 11.0. The molecule has 0 amide bonds. The van der Waals surface area contributed by atoms with Gasteiger partial charge in [-0.25, -0.2) is 9.78 Å². The van der Waals surface area contributed by atoms with Crippen molar-refractivity contribution in [2.75, 3.05) is 19.8 Å². The van der Waals surface area contributed by atoms with E-state index in [-0.39, 0.29) is 0 Å². The molecule has 110 valence electrons. The molecule has 5 heteroatoms. The number of hydrogen-bond acceptors (Lipinski definition) is 4. The molecule has 0 spiro atoms. The summed E-state index contributed by atoms with van der Waals surface area (Å²) >= 11 is 0. The number of ether oxygens (including phenoxy) is 2. The maximum absolute atomic E-state index is 10.6. The van der Waals surface area contributed by atoms with Gasteiger partial charge in [0.05, 0.1) is 6.61 Å². The van der Waals surface area contributed by atoms with Crippen molar-refractivity contribution in [2.24, 2.45) is 0 Å². The average molecular weight is 279 g/mol. The van der Waals surface area contributed by atoms with Gasteiger partial charge in [-0.05, 0) is 31.6 Å². The van der Waals surface area contributed by atoms with Gasteiger partial charge >= 0.3 is 5.97 Å². The van der Waals surface area contributed by atoms with Crippen molar-refractivity contribution in [1.29, 1.82) is 0 Å². The zero-order valence-corrected chi connectivity index (χ0v) is 12.0. The van der Waals surface area contributed by atoms with Gasteiger partial charge in [0, 0.05) is 18.4 Å². The zero-order valence-electron chi connectivity index (χ0n) is 12.0. The second kappa shape index (κ2) is 9.09. The van der Waals surface area contributed by atoms with Gasteiger partial charge < -0.3 is 14.6 Å². The molecular formula is C15H21NO4. The van der Waals surface area contributed by atoms with Gasteiger partial charge in [0.15, 0.2) is 0 Å². The molecule has 0 saturated heterocycles. The third kappa shape index (κ3) is 6.33. The Balaban J connectivity index is 2.53. The molecule has 0 aliphatic carbocycles. The molecule has 0 aliphatic rings. The van der Waals surface area contributed by atoms with Gasteiger partial charge in [0.1, 0.15) is 18.1 Å². The van der Waals surface area contributed by atoms with E-state index in [0.29, 0.717) is 24.7 Å². The molecule has 1 rings (SSSR count). The maximum Gasteiger partial charge on any atom is 0.328 e. The van der Waals surface area contributed by atoms with Crippen LogP contribution in [0.25, 0.3) is 6.08 Å². The second-order valence-electron chi connectivity index (χ2n) is 4.32. The second-order valence-corrected chi connectivity index (χ2v) is 4.32. The first-order valence-electron chi connectivity index (χ1n) is 6.72. The molecule has 5 nitrogen and oxygen atoms in total. The number of hydrogen-bond donors (Lipinski definition) is 1. The summed E-state index contributed by atoms with van der Waals surface area (Å²) in [6.45, 7) is 5.62. The Morgan fingerprint density at radius 3 is 2.85 bits per heavy atom. The molecule has 1 heterocycles. The number of nitrogens with zero attached hydrogens (tertiary/aromatic N) is 1. The number of rotatable bonds is 9. The van der Waals surface area contributed by atoms with Gasteiger partial charge in [-0.15, -0.1) is 0 Å². The summed E-state index contributed by atoms with van der Waals surface area (Å²) in [5.41, 5.74) is 1.32. The van der Waals surface area contributed by atoms with Crippen molar-refractivity contribution in [2.45, 2.75) is 26.7 Å². The van der Waals surface area contributed by atoms with Crippen molar-refractivity contribution in [3.63, 3.8) is 0 Å². The van der Waals surface area contributed by atoms with E-state index >= 15 is 0 Å². The lowest BCUT2D eigenvalue weighted by atomic mass is 10.2. The SMILES string of the molecule is CCCCOCCOc1ccc(C)nc1C=CC(=O)O. The standard InChI is InChI=1S/C15H21NO4/c1-3-4-9-19-10-11-20-14-7-5-12(2)16-13(14)6-8-15(17)18/h5-8H,3-4,9-11H2,1-2H3,(H,17,18). The third-order valence-corrected chi connectivity index (χ3v) is 2.54. The Kier molecular flexibility index (Phi) is 7.35. The Morgan fingerprint density at radius 1 is 1.35 bits per heavy atom. The molecule has 20 heavy (non-hydrogen) atoms. The number of aliphatic carboxylic acids is 1. The minimum Gasteiger partial charge on any atom is -0.489 e. The molecule has 0 unspecified atom stereocenters. The van der Waals surface area contributed by atoms with E-state index in [1.165, 1.54) is 6.08 Å².